The lowest BCUT2D eigenvalue weighted by Gasteiger charge is -2.42. The summed E-state index contributed by atoms with van der Waals surface area (Å²) in [6.07, 6.45) is -2.87. The lowest BCUT2D eigenvalue weighted by molar-refractivity contribution is -0.136. The summed E-state index contributed by atoms with van der Waals surface area (Å²) in [6.45, 7) is 8.94. The van der Waals surface area contributed by atoms with Crippen LogP contribution in [0.4, 0.5) is 14.5 Å². The molecule has 0 spiro atoms. The molecule has 16 heteroatoms. The number of nitrogens with zero attached hydrogens (tertiary/aromatic N) is 6. The third-order valence-corrected chi connectivity index (χ3v) is 9.72. The molecule has 3 aromatic rings. The summed E-state index contributed by atoms with van der Waals surface area (Å²) >= 11 is 0.559. The van der Waals surface area contributed by atoms with Crippen LogP contribution in [-0.4, -0.2) is 83.0 Å². The minimum atomic E-state index is -4.09. The Morgan fingerprint density at radius 2 is 1.93 bits per heavy atom. The maximum absolute atomic E-state index is 13.6. The van der Waals surface area contributed by atoms with Crippen molar-refractivity contribution < 1.29 is 26.7 Å². The zero-order valence-corrected chi connectivity index (χ0v) is 24.4. The van der Waals surface area contributed by atoms with Gasteiger partial charge in [0, 0.05) is 38.6 Å². The summed E-state index contributed by atoms with van der Waals surface area (Å²) in [4.78, 5) is 29.8. The highest BCUT2D eigenvalue weighted by Crippen LogP contribution is 2.35. The number of fused-ring (bicyclic) bond motifs is 1. The molecular formula is C24H31F2N7O5S2. The van der Waals surface area contributed by atoms with Crippen molar-refractivity contribution in [3.05, 3.63) is 27.6 Å². The molecule has 2 aromatic heterocycles. The first kappa shape index (κ1) is 28.6. The molecule has 1 N–H and O–H groups in total. The summed E-state index contributed by atoms with van der Waals surface area (Å²) < 4.78 is 64.1. The Labute approximate surface area is 233 Å². The average Bonchev–Trinajstić information content (AvgIpc) is 3.45. The van der Waals surface area contributed by atoms with Crippen molar-refractivity contribution in [2.75, 3.05) is 37.7 Å². The van der Waals surface area contributed by atoms with Gasteiger partial charge < -0.3 is 14.5 Å². The highest BCUT2D eigenvalue weighted by Gasteiger charge is 2.39. The van der Waals surface area contributed by atoms with E-state index in [1.165, 1.54) is 23.7 Å². The summed E-state index contributed by atoms with van der Waals surface area (Å²) in [5.74, 6) is -0.143. The number of alkyl halides is 2. The molecule has 4 heterocycles. The molecule has 0 bridgehead atoms. The SMILES string of the molecule is CC(C)C(=O)N1CCN(c2cc(S(=O)(=O)NC3(C)COC3)cc3c2n(C)c(=O)n3-c2nnc(C(F)F)s2)C[C@H]1C. The fraction of sp³-hybridized carbons (Fsp3) is 0.583. The third kappa shape index (κ3) is 4.90. The maximum atomic E-state index is 13.6. The number of piperazine rings is 1. The van der Waals surface area contributed by atoms with E-state index >= 15 is 0 Å². The van der Waals surface area contributed by atoms with Gasteiger partial charge in [-0.1, -0.05) is 25.2 Å². The summed E-state index contributed by atoms with van der Waals surface area (Å²) in [5.41, 5.74) is -0.310. The van der Waals surface area contributed by atoms with Crippen molar-refractivity contribution in [2.24, 2.45) is 13.0 Å². The number of carbonyl (C=O) groups is 1. The zero-order valence-electron chi connectivity index (χ0n) is 22.7. The number of ether oxygens (including phenoxy) is 1. The van der Waals surface area contributed by atoms with Gasteiger partial charge in [0.05, 0.1) is 40.4 Å². The number of aryl methyl sites for hydroxylation is 1. The van der Waals surface area contributed by atoms with Gasteiger partial charge in [-0.25, -0.2) is 31.3 Å². The Kier molecular flexibility index (Phi) is 7.25. The van der Waals surface area contributed by atoms with E-state index in [2.05, 4.69) is 14.9 Å². The molecule has 5 rings (SSSR count). The van der Waals surface area contributed by atoms with E-state index in [4.69, 9.17) is 4.74 Å². The molecule has 0 radical (unpaired) electrons. The molecule has 0 unspecified atom stereocenters. The first-order valence-corrected chi connectivity index (χ1v) is 15.1. The van der Waals surface area contributed by atoms with Gasteiger partial charge in [0.2, 0.25) is 21.1 Å². The number of sulfonamides is 1. The van der Waals surface area contributed by atoms with Crippen molar-refractivity contribution >= 4 is 44.0 Å². The fourth-order valence-electron chi connectivity index (χ4n) is 5.11. The van der Waals surface area contributed by atoms with Gasteiger partial charge in [-0.05, 0) is 26.0 Å². The summed E-state index contributed by atoms with van der Waals surface area (Å²) in [6, 6.07) is 2.67. The first-order valence-electron chi connectivity index (χ1n) is 12.8. The number of rotatable bonds is 7. The Morgan fingerprint density at radius 1 is 1.23 bits per heavy atom. The van der Waals surface area contributed by atoms with E-state index in [9.17, 15) is 26.8 Å². The quantitative estimate of drug-likeness (QED) is 0.436. The van der Waals surface area contributed by atoms with Crippen molar-refractivity contribution in [1.29, 1.82) is 0 Å². The van der Waals surface area contributed by atoms with Crippen molar-refractivity contribution in [3.8, 4) is 5.13 Å². The van der Waals surface area contributed by atoms with Crippen LogP contribution in [0.25, 0.3) is 16.2 Å². The second-order valence-corrected chi connectivity index (χ2v) is 13.5. The minimum Gasteiger partial charge on any atom is -0.377 e. The van der Waals surface area contributed by atoms with Gasteiger partial charge in [0.25, 0.3) is 6.43 Å². The Hall–Kier alpha value is -2.95. The lowest BCUT2D eigenvalue weighted by Crippen LogP contribution is -2.59. The van der Waals surface area contributed by atoms with Crippen molar-refractivity contribution in [1.82, 2.24) is 29.0 Å². The summed E-state index contributed by atoms with van der Waals surface area (Å²) in [7, 11) is -2.56. The molecule has 2 saturated heterocycles. The van der Waals surface area contributed by atoms with E-state index in [0.717, 1.165) is 4.57 Å². The molecule has 0 saturated carbocycles. The van der Waals surface area contributed by atoms with E-state index in [-0.39, 0.29) is 46.6 Å². The Morgan fingerprint density at radius 3 is 2.48 bits per heavy atom. The van der Waals surface area contributed by atoms with Crippen LogP contribution in [0.15, 0.2) is 21.8 Å². The van der Waals surface area contributed by atoms with Crippen LogP contribution in [0.3, 0.4) is 0 Å². The van der Waals surface area contributed by atoms with Crippen LogP contribution < -0.4 is 15.3 Å². The average molecular weight is 600 g/mol. The van der Waals surface area contributed by atoms with Gasteiger partial charge in [0.1, 0.15) is 0 Å². The molecule has 2 aliphatic heterocycles. The number of halogens is 2. The summed E-state index contributed by atoms with van der Waals surface area (Å²) in [5, 5.41) is 6.66. The number of imidazole rings is 1. The topological polar surface area (TPSA) is 132 Å². The number of aromatic nitrogens is 4. The van der Waals surface area contributed by atoms with Crippen molar-refractivity contribution in [2.45, 2.75) is 50.6 Å². The van der Waals surface area contributed by atoms with Gasteiger partial charge >= 0.3 is 5.69 Å². The van der Waals surface area contributed by atoms with Crippen LogP contribution in [0, 0.1) is 5.92 Å². The number of nitrogens with one attached hydrogen (secondary N) is 1. The van der Waals surface area contributed by atoms with Gasteiger partial charge in [-0.2, -0.15) is 0 Å². The number of hydrogen-bond donors (Lipinski definition) is 1. The molecule has 40 heavy (non-hydrogen) atoms. The number of carbonyl (C=O) groups excluding carboxylic acids is 1. The largest absolute Gasteiger partial charge is 0.377 e. The number of benzene rings is 1. The van der Waals surface area contributed by atoms with Crippen LogP contribution in [0.1, 0.15) is 39.1 Å². The van der Waals surface area contributed by atoms with Gasteiger partial charge in [-0.3, -0.25) is 9.36 Å². The van der Waals surface area contributed by atoms with E-state index in [1.54, 1.807) is 11.8 Å². The molecular weight excluding hydrogens is 568 g/mol. The second kappa shape index (κ2) is 10.2. The predicted molar refractivity (Wildman–Crippen MR) is 145 cm³/mol. The molecule has 1 amide bonds. The Balaban J connectivity index is 1.67. The third-order valence-electron chi connectivity index (χ3n) is 7.18. The number of amides is 1. The monoisotopic (exact) mass is 599 g/mol. The van der Waals surface area contributed by atoms with Crippen LogP contribution in [-0.2, 0) is 26.6 Å². The lowest BCUT2D eigenvalue weighted by atomic mass is 10.0. The smallest absolute Gasteiger partial charge is 0.335 e. The number of hydrogen-bond acceptors (Lipinski definition) is 9. The van der Waals surface area contributed by atoms with Crippen LogP contribution >= 0.6 is 11.3 Å². The predicted octanol–water partition coefficient (Wildman–Crippen LogP) is 1.88. The first-order chi connectivity index (χ1) is 18.7. The molecule has 12 nitrogen and oxygen atoms in total. The van der Waals surface area contributed by atoms with E-state index in [1.807, 2.05) is 25.7 Å². The minimum absolute atomic E-state index is 0.0263. The highest BCUT2D eigenvalue weighted by atomic mass is 32.2. The molecule has 2 aliphatic rings. The van der Waals surface area contributed by atoms with Gasteiger partial charge in [0.15, 0.2) is 5.01 Å². The van der Waals surface area contributed by atoms with Gasteiger partial charge in [-0.15, -0.1) is 10.2 Å². The Bertz CT molecular complexity index is 1630. The molecule has 2 fully saturated rings. The molecule has 1 atom stereocenters. The van der Waals surface area contributed by atoms with Crippen LogP contribution in [0.5, 0.6) is 0 Å². The maximum Gasteiger partial charge on any atom is 0.335 e. The highest BCUT2D eigenvalue weighted by molar-refractivity contribution is 7.89. The zero-order chi connectivity index (χ0) is 29.1. The molecule has 1 aromatic carbocycles. The fourth-order valence-corrected chi connectivity index (χ4v) is 7.24. The normalized spacial score (nSPS) is 19.6. The second-order valence-electron chi connectivity index (χ2n) is 10.9. The standard InChI is InChI=1S/C24H31F2N7O5S2/c1-13(2)21(34)32-7-6-31(10-14(32)3)16-8-15(40(36,37)29-24(4)11-38-12-24)9-17-18(16)30(5)23(35)33(17)22-28-27-20(39-22)19(25)26/h8-9,13-14,19,29H,6-7,10-12H2,1-5H3/t14-/m1/s1. The van der Waals surface area contributed by atoms with E-state index in [0.29, 0.717) is 42.2 Å². The molecule has 218 valence electrons. The van der Waals surface area contributed by atoms with Crippen LogP contribution in [0.2, 0.25) is 0 Å². The molecule has 0 aliphatic carbocycles. The number of anilines is 1. The van der Waals surface area contributed by atoms with Crippen molar-refractivity contribution in [3.63, 3.8) is 0 Å². The van der Waals surface area contributed by atoms with E-state index < -0.39 is 32.7 Å².